The van der Waals surface area contributed by atoms with E-state index in [4.69, 9.17) is 4.74 Å². The van der Waals surface area contributed by atoms with Crippen LogP contribution in [0.3, 0.4) is 0 Å². The Kier molecular flexibility index (Phi) is 6.58. The summed E-state index contributed by atoms with van der Waals surface area (Å²) in [6.07, 6.45) is 1.52. The van der Waals surface area contributed by atoms with Gasteiger partial charge in [-0.15, -0.1) is 0 Å². The number of carbonyl (C=O) groups is 2. The fraction of sp³-hybridized carbons (Fsp3) is 0.571. The molecular formula is C14H21N3O4. The van der Waals surface area contributed by atoms with Crippen LogP contribution >= 0.6 is 0 Å². The van der Waals surface area contributed by atoms with Crippen LogP contribution in [0.5, 0.6) is 0 Å². The van der Waals surface area contributed by atoms with E-state index in [2.05, 4.69) is 10.4 Å². The Labute approximate surface area is 123 Å². The molecule has 0 bridgehead atoms. The minimum Gasteiger partial charge on any atom is -0.451 e. The van der Waals surface area contributed by atoms with E-state index >= 15 is 0 Å². The van der Waals surface area contributed by atoms with Crippen molar-refractivity contribution >= 4 is 11.9 Å². The summed E-state index contributed by atoms with van der Waals surface area (Å²) in [6, 6.07) is 2.59. The lowest BCUT2D eigenvalue weighted by Crippen LogP contribution is -2.35. The van der Waals surface area contributed by atoms with Gasteiger partial charge in [0.1, 0.15) is 0 Å². The summed E-state index contributed by atoms with van der Waals surface area (Å²) in [6.45, 7) is 5.77. The molecule has 1 rings (SSSR count). The first-order chi connectivity index (χ1) is 9.97. The van der Waals surface area contributed by atoms with Gasteiger partial charge in [-0.2, -0.15) is 5.10 Å². The van der Waals surface area contributed by atoms with Crippen LogP contribution in [0.15, 0.2) is 16.9 Å². The van der Waals surface area contributed by atoms with Crippen LogP contribution in [-0.2, 0) is 16.1 Å². The molecule has 0 spiro atoms. The van der Waals surface area contributed by atoms with Crippen molar-refractivity contribution < 1.29 is 14.3 Å². The molecule has 1 aromatic heterocycles. The van der Waals surface area contributed by atoms with E-state index in [1.807, 2.05) is 20.8 Å². The van der Waals surface area contributed by atoms with E-state index in [1.54, 1.807) is 0 Å². The maximum Gasteiger partial charge on any atom is 0.359 e. The lowest BCUT2D eigenvalue weighted by Gasteiger charge is -2.11. The summed E-state index contributed by atoms with van der Waals surface area (Å²) in [5.74, 6) is -1.08. The number of rotatable bonds is 7. The number of hydrogen-bond donors (Lipinski definition) is 1. The van der Waals surface area contributed by atoms with Crippen molar-refractivity contribution in [3.63, 3.8) is 0 Å². The minimum absolute atomic E-state index is 0.0133. The zero-order chi connectivity index (χ0) is 15.8. The maximum absolute atomic E-state index is 11.8. The van der Waals surface area contributed by atoms with Gasteiger partial charge < -0.3 is 10.1 Å². The van der Waals surface area contributed by atoms with Crippen molar-refractivity contribution in [1.82, 2.24) is 15.1 Å². The molecule has 0 aromatic carbocycles. The van der Waals surface area contributed by atoms with Gasteiger partial charge in [-0.05, 0) is 25.8 Å². The number of nitrogens with zero attached hydrogens (tertiary/aromatic N) is 2. The SMILES string of the molecule is CCCn1nc(C(=O)OCC(=O)N[C@@H](C)CC)ccc1=O. The molecule has 0 unspecified atom stereocenters. The third kappa shape index (κ3) is 5.37. The quantitative estimate of drug-likeness (QED) is 0.749. The van der Waals surface area contributed by atoms with E-state index in [0.29, 0.717) is 6.54 Å². The number of hydrogen-bond acceptors (Lipinski definition) is 5. The molecule has 0 aliphatic heterocycles. The molecule has 0 fully saturated rings. The standard InChI is InChI=1S/C14H21N3O4/c1-4-8-17-13(19)7-6-11(16-17)14(20)21-9-12(18)15-10(3)5-2/h6-7,10H,4-5,8-9H2,1-3H3,(H,15,18)/t10-/m0/s1. The van der Waals surface area contributed by atoms with Crippen molar-refractivity contribution in [1.29, 1.82) is 0 Å². The Morgan fingerprint density at radius 2 is 2.10 bits per heavy atom. The first kappa shape index (κ1) is 16.9. The van der Waals surface area contributed by atoms with Gasteiger partial charge >= 0.3 is 5.97 Å². The van der Waals surface area contributed by atoms with Gasteiger partial charge in [0.05, 0.1) is 0 Å². The predicted octanol–water partition coefficient (Wildman–Crippen LogP) is 0.725. The van der Waals surface area contributed by atoms with Gasteiger partial charge in [0.15, 0.2) is 12.3 Å². The molecule has 0 aliphatic rings. The summed E-state index contributed by atoms with van der Waals surface area (Å²) in [7, 11) is 0. The third-order valence-electron chi connectivity index (χ3n) is 2.87. The predicted molar refractivity (Wildman–Crippen MR) is 77.0 cm³/mol. The highest BCUT2D eigenvalue weighted by atomic mass is 16.5. The molecule has 1 amide bonds. The fourth-order valence-electron chi connectivity index (χ4n) is 1.55. The van der Waals surface area contributed by atoms with Crippen LogP contribution in [0.25, 0.3) is 0 Å². The zero-order valence-corrected chi connectivity index (χ0v) is 12.6. The molecule has 1 N–H and O–H groups in total. The van der Waals surface area contributed by atoms with Gasteiger partial charge in [-0.3, -0.25) is 9.59 Å². The van der Waals surface area contributed by atoms with Crippen LogP contribution in [0.4, 0.5) is 0 Å². The van der Waals surface area contributed by atoms with Crippen LogP contribution in [0.2, 0.25) is 0 Å². The van der Waals surface area contributed by atoms with E-state index in [-0.39, 0.29) is 29.8 Å². The largest absolute Gasteiger partial charge is 0.451 e. The van der Waals surface area contributed by atoms with Gasteiger partial charge in [-0.25, -0.2) is 9.48 Å². The Morgan fingerprint density at radius 1 is 1.38 bits per heavy atom. The number of amides is 1. The second-order valence-electron chi connectivity index (χ2n) is 4.73. The highest BCUT2D eigenvalue weighted by Crippen LogP contribution is 1.96. The van der Waals surface area contributed by atoms with Crippen LogP contribution < -0.4 is 10.9 Å². The normalized spacial score (nSPS) is 11.8. The number of aryl methyl sites for hydroxylation is 1. The van der Waals surface area contributed by atoms with Crippen molar-refractivity contribution in [2.24, 2.45) is 0 Å². The molecule has 0 saturated carbocycles. The minimum atomic E-state index is -0.723. The highest BCUT2D eigenvalue weighted by molar-refractivity contribution is 5.89. The lowest BCUT2D eigenvalue weighted by molar-refractivity contribution is -0.124. The summed E-state index contributed by atoms with van der Waals surface area (Å²) in [5.41, 5.74) is -0.262. The molecule has 7 nitrogen and oxygen atoms in total. The van der Waals surface area contributed by atoms with E-state index < -0.39 is 5.97 Å². The average molecular weight is 295 g/mol. The van der Waals surface area contributed by atoms with Gasteiger partial charge in [0.2, 0.25) is 0 Å². The Bertz CT molecular complexity index is 553. The van der Waals surface area contributed by atoms with Crippen molar-refractivity contribution in [2.45, 2.75) is 46.2 Å². The highest BCUT2D eigenvalue weighted by Gasteiger charge is 2.14. The summed E-state index contributed by atoms with van der Waals surface area (Å²) in [4.78, 5) is 34.8. The molecule has 21 heavy (non-hydrogen) atoms. The summed E-state index contributed by atoms with van der Waals surface area (Å²) < 4.78 is 6.08. The van der Waals surface area contributed by atoms with E-state index in [1.165, 1.54) is 16.8 Å². The molecule has 1 aromatic rings. The Balaban J connectivity index is 2.62. The van der Waals surface area contributed by atoms with Crippen LogP contribution in [0.1, 0.15) is 44.1 Å². The maximum atomic E-state index is 11.8. The van der Waals surface area contributed by atoms with Gasteiger partial charge in [-0.1, -0.05) is 13.8 Å². The van der Waals surface area contributed by atoms with Crippen LogP contribution in [-0.4, -0.2) is 34.3 Å². The van der Waals surface area contributed by atoms with Crippen molar-refractivity contribution in [2.75, 3.05) is 6.61 Å². The summed E-state index contributed by atoms with van der Waals surface area (Å²) >= 11 is 0. The number of ether oxygens (including phenoxy) is 1. The molecule has 0 radical (unpaired) electrons. The molecule has 7 heteroatoms. The number of carbonyl (C=O) groups excluding carboxylic acids is 2. The molecule has 0 aliphatic carbocycles. The van der Waals surface area contributed by atoms with Crippen LogP contribution in [0, 0.1) is 0 Å². The summed E-state index contributed by atoms with van der Waals surface area (Å²) in [5, 5.41) is 6.60. The Hall–Kier alpha value is -2.18. The Morgan fingerprint density at radius 3 is 2.71 bits per heavy atom. The number of nitrogens with one attached hydrogen (secondary N) is 1. The zero-order valence-electron chi connectivity index (χ0n) is 12.6. The van der Waals surface area contributed by atoms with Gasteiger partial charge in [0.25, 0.3) is 11.5 Å². The smallest absolute Gasteiger partial charge is 0.359 e. The number of aromatic nitrogens is 2. The molecule has 1 atom stereocenters. The lowest BCUT2D eigenvalue weighted by atomic mass is 10.2. The molecule has 1 heterocycles. The van der Waals surface area contributed by atoms with E-state index in [0.717, 1.165) is 12.8 Å². The van der Waals surface area contributed by atoms with Crippen molar-refractivity contribution in [3.05, 3.63) is 28.2 Å². The van der Waals surface area contributed by atoms with Gasteiger partial charge in [0, 0.05) is 18.7 Å². The molecule has 0 saturated heterocycles. The average Bonchev–Trinajstić information content (AvgIpc) is 2.47. The molecular weight excluding hydrogens is 274 g/mol. The fourth-order valence-corrected chi connectivity index (χ4v) is 1.55. The van der Waals surface area contributed by atoms with Crippen molar-refractivity contribution in [3.8, 4) is 0 Å². The van der Waals surface area contributed by atoms with E-state index in [9.17, 15) is 14.4 Å². The topological polar surface area (TPSA) is 90.3 Å². The first-order valence-corrected chi connectivity index (χ1v) is 7.02. The third-order valence-corrected chi connectivity index (χ3v) is 2.87. The second kappa shape index (κ2) is 8.18. The number of esters is 1. The second-order valence-corrected chi connectivity index (χ2v) is 4.73. The monoisotopic (exact) mass is 295 g/mol. The first-order valence-electron chi connectivity index (χ1n) is 7.02. The molecule has 116 valence electrons.